The molecule has 0 N–H and O–H groups in total. The Morgan fingerprint density at radius 3 is 1.96 bits per heavy atom. The van der Waals surface area contributed by atoms with Gasteiger partial charge < -0.3 is 27.5 Å². The minimum atomic E-state index is -1.26. The standard InChI is InChI=1S/C18H42N2O4Si3/c1-18(27(23-7)24-8,13-10-9-11-14-19(2)3)25-17-20(4)15-12-16-26(21-5)22-6/h9-17H2,1-8H3. The van der Waals surface area contributed by atoms with E-state index in [1.165, 1.54) is 32.2 Å². The molecule has 0 heterocycles. The largest absolute Gasteiger partial charge is 0.397 e. The SMILES string of the molecule is CO[Si](CCCN(C)C[Si]C(C)(CCCCCN(C)C)[Si](OC)OC)OC. The molecule has 0 fully saturated rings. The molecule has 1 atom stereocenters. The Hall–Kier alpha value is 0.411. The highest BCUT2D eigenvalue weighted by Crippen LogP contribution is 2.35. The molecule has 9 heteroatoms. The predicted molar refractivity (Wildman–Crippen MR) is 118 cm³/mol. The zero-order valence-electron chi connectivity index (χ0n) is 18.9. The van der Waals surface area contributed by atoms with Crippen LogP contribution in [0.3, 0.4) is 0 Å². The van der Waals surface area contributed by atoms with Crippen molar-refractivity contribution in [1.82, 2.24) is 9.80 Å². The van der Waals surface area contributed by atoms with Crippen molar-refractivity contribution in [3.8, 4) is 0 Å². The van der Waals surface area contributed by atoms with Gasteiger partial charge in [0.25, 0.3) is 0 Å². The molecule has 0 saturated carbocycles. The lowest BCUT2D eigenvalue weighted by Gasteiger charge is -2.34. The minimum absolute atomic E-state index is 0.161. The zero-order chi connectivity index (χ0) is 20.7. The first kappa shape index (κ1) is 27.4. The molecule has 4 radical (unpaired) electrons. The van der Waals surface area contributed by atoms with Crippen LogP contribution in [0.15, 0.2) is 0 Å². The summed E-state index contributed by atoms with van der Waals surface area (Å²) in [5.74, 6) is 0. The highest BCUT2D eigenvalue weighted by molar-refractivity contribution is 6.66. The van der Waals surface area contributed by atoms with E-state index in [-0.39, 0.29) is 4.66 Å². The first-order chi connectivity index (χ1) is 12.8. The maximum Gasteiger partial charge on any atom is 0.387 e. The average molecular weight is 435 g/mol. The Balaban J connectivity index is 4.41. The van der Waals surface area contributed by atoms with Crippen molar-refractivity contribution in [3.05, 3.63) is 0 Å². The van der Waals surface area contributed by atoms with Gasteiger partial charge in [0.2, 0.25) is 0 Å². The maximum absolute atomic E-state index is 5.76. The summed E-state index contributed by atoms with van der Waals surface area (Å²) in [5, 5.41) is 0. The smallest absolute Gasteiger partial charge is 0.387 e. The van der Waals surface area contributed by atoms with Crippen LogP contribution < -0.4 is 0 Å². The number of hydrogen-bond donors (Lipinski definition) is 0. The second-order valence-corrected chi connectivity index (χ2v) is 14.3. The number of rotatable bonds is 18. The van der Waals surface area contributed by atoms with Crippen LogP contribution in [-0.4, -0.2) is 107 Å². The third-order valence-electron chi connectivity index (χ3n) is 4.72. The molecule has 0 amide bonds. The van der Waals surface area contributed by atoms with Gasteiger partial charge in [0.1, 0.15) is 0 Å². The Kier molecular flexibility index (Phi) is 16.5. The maximum atomic E-state index is 5.76. The van der Waals surface area contributed by atoms with E-state index >= 15 is 0 Å². The van der Waals surface area contributed by atoms with E-state index < -0.39 is 18.6 Å². The summed E-state index contributed by atoms with van der Waals surface area (Å²) in [5.41, 5.74) is 0. The lowest BCUT2D eigenvalue weighted by Crippen LogP contribution is -2.43. The minimum Gasteiger partial charge on any atom is -0.397 e. The molecule has 0 aromatic heterocycles. The Morgan fingerprint density at radius 1 is 0.815 bits per heavy atom. The van der Waals surface area contributed by atoms with Crippen molar-refractivity contribution in [2.24, 2.45) is 0 Å². The quantitative estimate of drug-likeness (QED) is 0.244. The van der Waals surface area contributed by atoms with Gasteiger partial charge in [-0.1, -0.05) is 19.8 Å². The van der Waals surface area contributed by atoms with Gasteiger partial charge in [-0.15, -0.1) is 0 Å². The van der Waals surface area contributed by atoms with Crippen molar-refractivity contribution in [2.45, 2.75) is 49.7 Å². The van der Waals surface area contributed by atoms with Crippen LogP contribution in [0.2, 0.25) is 10.7 Å². The van der Waals surface area contributed by atoms with Crippen LogP contribution in [0.25, 0.3) is 0 Å². The molecule has 0 aliphatic rings. The summed E-state index contributed by atoms with van der Waals surface area (Å²) < 4.78 is 22.4. The van der Waals surface area contributed by atoms with Gasteiger partial charge in [0.05, 0.1) is 9.52 Å². The zero-order valence-corrected chi connectivity index (χ0v) is 21.9. The summed E-state index contributed by atoms with van der Waals surface area (Å²) in [6.07, 6.45) is 7.17. The molecule has 27 heavy (non-hydrogen) atoms. The lowest BCUT2D eigenvalue weighted by molar-refractivity contribution is 0.254. The monoisotopic (exact) mass is 434 g/mol. The number of nitrogens with zero attached hydrogens (tertiary/aromatic N) is 2. The first-order valence-corrected chi connectivity index (χ1v) is 13.8. The van der Waals surface area contributed by atoms with Crippen molar-refractivity contribution in [2.75, 3.05) is 68.8 Å². The van der Waals surface area contributed by atoms with E-state index in [9.17, 15) is 0 Å². The molecule has 0 bridgehead atoms. The Bertz CT molecular complexity index is 349. The van der Waals surface area contributed by atoms with Crippen LogP contribution in [0.1, 0.15) is 39.0 Å². The molecule has 0 spiro atoms. The van der Waals surface area contributed by atoms with Crippen molar-refractivity contribution in [1.29, 1.82) is 0 Å². The van der Waals surface area contributed by atoms with Gasteiger partial charge in [-0.05, 0) is 65.7 Å². The highest BCUT2D eigenvalue weighted by atomic mass is 28.3. The van der Waals surface area contributed by atoms with Gasteiger partial charge in [0, 0.05) is 33.1 Å². The molecule has 0 aliphatic heterocycles. The molecule has 6 nitrogen and oxygen atoms in total. The van der Waals surface area contributed by atoms with E-state index in [2.05, 4.69) is 37.9 Å². The molecular formula is C18H42N2O4Si3. The average Bonchev–Trinajstić information content (AvgIpc) is 2.64. The van der Waals surface area contributed by atoms with Gasteiger partial charge in [0.15, 0.2) is 0 Å². The predicted octanol–water partition coefficient (Wildman–Crippen LogP) is 2.37. The topological polar surface area (TPSA) is 43.4 Å². The molecule has 0 aromatic carbocycles. The van der Waals surface area contributed by atoms with Gasteiger partial charge in [-0.25, -0.2) is 0 Å². The van der Waals surface area contributed by atoms with Crippen molar-refractivity contribution < 1.29 is 17.7 Å². The lowest BCUT2D eigenvalue weighted by atomic mass is 10.1. The van der Waals surface area contributed by atoms with E-state index in [1.807, 2.05) is 0 Å². The molecule has 0 aromatic rings. The van der Waals surface area contributed by atoms with Gasteiger partial charge in [-0.3, -0.25) is 0 Å². The van der Waals surface area contributed by atoms with E-state index in [0.29, 0.717) is 0 Å². The van der Waals surface area contributed by atoms with Crippen LogP contribution in [0.4, 0.5) is 0 Å². The van der Waals surface area contributed by atoms with Crippen LogP contribution in [-0.2, 0) is 17.7 Å². The molecule has 0 rings (SSSR count). The van der Waals surface area contributed by atoms with E-state index in [0.717, 1.165) is 34.7 Å². The Morgan fingerprint density at radius 2 is 1.44 bits per heavy atom. The summed E-state index contributed by atoms with van der Waals surface area (Å²) in [6, 6.07) is 1.03. The van der Waals surface area contributed by atoms with Crippen LogP contribution in [0.5, 0.6) is 0 Å². The van der Waals surface area contributed by atoms with Crippen molar-refractivity contribution >= 4 is 28.1 Å². The highest BCUT2D eigenvalue weighted by Gasteiger charge is 2.39. The fourth-order valence-electron chi connectivity index (χ4n) is 3.05. The van der Waals surface area contributed by atoms with Crippen molar-refractivity contribution in [3.63, 3.8) is 0 Å². The molecule has 0 saturated heterocycles. The molecule has 160 valence electrons. The fourth-order valence-corrected chi connectivity index (χ4v) is 8.08. The summed E-state index contributed by atoms with van der Waals surface area (Å²) in [6.45, 7) is 4.61. The second-order valence-electron chi connectivity index (χ2n) is 7.44. The van der Waals surface area contributed by atoms with Crippen LogP contribution in [0, 0.1) is 0 Å². The third-order valence-corrected chi connectivity index (χ3v) is 11.2. The van der Waals surface area contributed by atoms with E-state index in [4.69, 9.17) is 17.7 Å². The Labute approximate surface area is 174 Å². The normalized spacial score (nSPS) is 14.7. The number of unbranched alkanes of at least 4 members (excludes halogenated alkanes) is 2. The summed E-state index contributed by atoms with van der Waals surface area (Å²) in [4.78, 5) is 4.69. The first-order valence-electron chi connectivity index (χ1n) is 9.80. The second kappa shape index (κ2) is 16.2. The van der Waals surface area contributed by atoms with Crippen LogP contribution >= 0.6 is 0 Å². The van der Waals surface area contributed by atoms with Gasteiger partial charge >= 0.3 is 18.6 Å². The van der Waals surface area contributed by atoms with E-state index in [1.54, 1.807) is 28.4 Å². The molecular weight excluding hydrogens is 392 g/mol. The fraction of sp³-hybridized carbons (Fsp3) is 1.00. The molecule has 0 aliphatic carbocycles. The molecule has 1 unspecified atom stereocenters. The summed E-state index contributed by atoms with van der Waals surface area (Å²) in [7, 11) is 12.1. The summed E-state index contributed by atoms with van der Waals surface area (Å²) >= 11 is 0. The number of hydrogen-bond acceptors (Lipinski definition) is 6. The van der Waals surface area contributed by atoms with Gasteiger partial charge in [-0.2, -0.15) is 0 Å². The third kappa shape index (κ3) is 12.6.